The van der Waals surface area contributed by atoms with E-state index >= 15 is 0 Å². The van der Waals surface area contributed by atoms with Gasteiger partial charge in [-0.05, 0) is 114 Å². The Balaban J connectivity index is 0.000000181. The van der Waals surface area contributed by atoms with Crippen LogP contribution in [0.3, 0.4) is 0 Å². The van der Waals surface area contributed by atoms with E-state index in [1.807, 2.05) is 48.7 Å². The Morgan fingerprint density at radius 2 is 1.46 bits per heavy atom. The summed E-state index contributed by atoms with van der Waals surface area (Å²) in [6.07, 6.45) is 5.90. The molecule has 1 saturated carbocycles. The quantitative estimate of drug-likeness (QED) is 0.156. The van der Waals surface area contributed by atoms with Crippen LogP contribution in [-0.4, -0.2) is 14.5 Å². The maximum Gasteiger partial charge on any atom is 0.128 e. The molecular formula is C59H48IrN4O-2. The van der Waals surface area contributed by atoms with Crippen molar-refractivity contribution in [3.8, 4) is 56.7 Å². The van der Waals surface area contributed by atoms with Gasteiger partial charge >= 0.3 is 0 Å². The van der Waals surface area contributed by atoms with Crippen molar-refractivity contribution in [1.82, 2.24) is 14.5 Å². The van der Waals surface area contributed by atoms with Crippen LogP contribution >= 0.6 is 0 Å². The van der Waals surface area contributed by atoms with Crippen LogP contribution in [0.25, 0.3) is 83.6 Å². The minimum absolute atomic E-state index is 0. The summed E-state index contributed by atoms with van der Waals surface area (Å²) in [5, 5.41) is 11.2. The van der Waals surface area contributed by atoms with Gasteiger partial charge in [-0.2, -0.15) is 0 Å². The zero-order valence-corrected chi connectivity index (χ0v) is 39.3. The molecule has 11 rings (SSSR count). The molecule has 0 N–H and O–H groups in total. The number of rotatable bonds is 6. The van der Waals surface area contributed by atoms with E-state index in [0.717, 1.165) is 115 Å². The molecule has 0 saturated heterocycles. The first kappa shape index (κ1) is 42.1. The molecule has 0 spiro atoms. The normalized spacial score (nSPS) is 14.2. The molecule has 321 valence electrons. The molecule has 5 nitrogen and oxygen atoms in total. The predicted molar refractivity (Wildman–Crippen MR) is 261 cm³/mol. The maximum absolute atomic E-state index is 9.13. The van der Waals surface area contributed by atoms with E-state index in [1.165, 1.54) is 11.1 Å². The van der Waals surface area contributed by atoms with Gasteiger partial charge in [0, 0.05) is 50.4 Å². The van der Waals surface area contributed by atoms with Gasteiger partial charge in [0.15, 0.2) is 0 Å². The second kappa shape index (κ2) is 18.3. The van der Waals surface area contributed by atoms with Crippen LogP contribution in [-0.2, 0) is 20.1 Å². The fourth-order valence-electron chi connectivity index (χ4n) is 9.19. The van der Waals surface area contributed by atoms with Crippen molar-refractivity contribution in [1.29, 1.82) is 5.26 Å². The van der Waals surface area contributed by atoms with Crippen LogP contribution in [0.15, 0.2) is 168 Å². The number of fused-ring (bicyclic) bond motifs is 4. The Bertz CT molecular complexity index is 3370. The summed E-state index contributed by atoms with van der Waals surface area (Å²) >= 11 is 0. The van der Waals surface area contributed by atoms with E-state index in [-0.39, 0.29) is 20.1 Å². The van der Waals surface area contributed by atoms with Crippen molar-refractivity contribution in [3.05, 3.63) is 198 Å². The first-order chi connectivity index (χ1) is 31.6. The van der Waals surface area contributed by atoms with E-state index in [0.29, 0.717) is 11.0 Å². The van der Waals surface area contributed by atoms with Gasteiger partial charge in [-0.3, -0.25) is 4.98 Å². The Morgan fingerprint density at radius 3 is 2.20 bits per heavy atom. The SMILES string of the molecule is Cc1cccc(C)c1-n1c(-c2[c-]cc(C#N)cc2)nc2ccccc21.[2H]C1(c2ccc(-c3ccnc(-c4[c-]ccc5c4oc4c(-c6ccccc6)cccc45)c3)cc2)CCC(C)(C)CC1.[Ir]. The molecule has 0 unspecified atom stereocenters. The summed E-state index contributed by atoms with van der Waals surface area (Å²) in [4.78, 5) is 9.58. The molecule has 1 fully saturated rings. The van der Waals surface area contributed by atoms with E-state index < -0.39 is 5.89 Å². The second-order valence-electron chi connectivity index (χ2n) is 17.6. The smallest absolute Gasteiger partial charge is 0.128 e. The first-order valence-electron chi connectivity index (χ1n) is 22.5. The summed E-state index contributed by atoms with van der Waals surface area (Å²) in [5.41, 5.74) is 16.3. The average Bonchev–Trinajstić information content (AvgIpc) is 3.92. The monoisotopic (exact) mass is 1020 g/mol. The molecule has 0 amide bonds. The van der Waals surface area contributed by atoms with Crippen LogP contribution in [0.1, 0.15) is 69.0 Å². The van der Waals surface area contributed by atoms with Crippen molar-refractivity contribution in [2.24, 2.45) is 5.41 Å². The van der Waals surface area contributed by atoms with Crippen molar-refractivity contribution < 1.29 is 25.9 Å². The van der Waals surface area contributed by atoms with Gasteiger partial charge in [-0.15, -0.1) is 48.0 Å². The van der Waals surface area contributed by atoms with Gasteiger partial charge in [-0.1, -0.05) is 134 Å². The number of imidazole rings is 1. The molecule has 10 aromatic rings. The van der Waals surface area contributed by atoms with Crippen molar-refractivity contribution in [2.75, 3.05) is 0 Å². The van der Waals surface area contributed by atoms with Crippen molar-refractivity contribution in [3.63, 3.8) is 0 Å². The molecule has 0 atom stereocenters. The van der Waals surface area contributed by atoms with E-state index in [2.05, 4.69) is 154 Å². The Kier molecular flexibility index (Phi) is 11.8. The van der Waals surface area contributed by atoms with Crippen LogP contribution in [0, 0.1) is 42.7 Å². The number of hydrogen-bond acceptors (Lipinski definition) is 4. The number of furan rings is 1. The van der Waals surface area contributed by atoms with Crippen LogP contribution < -0.4 is 0 Å². The molecule has 0 bridgehead atoms. The van der Waals surface area contributed by atoms with Crippen LogP contribution in [0.2, 0.25) is 0 Å². The molecule has 1 aliphatic carbocycles. The number of aryl methyl sites for hydroxylation is 2. The predicted octanol–water partition coefficient (Wildman–Crippen LogP) is 15.4. The second-order valence-corrected chi connectivity index (χ2v) is 17.6. The van der Waals surface area contributed by atoms with Crippen LogP contribution in [0.5, 0.6) is 0 Å². The number of para-hydroxylation sites is 4. The summed E-state index contributed by atoms with van der Waals surface area (Å²) in [6.45, 7) is 8.87. The molecule has 1 radical (unpaired) electrons. The summed E-state index contributed by atoms with van der Waals surface area (Å²) in [5.74, 6) is 0.352. The minimum Gasteiger partial charge on any atom is -0.500 e. The van der Waals surface area contributed by atoms with Gasteiger partial charge in [0.1, 0.15) is 5.58 Å². The maximum atomic E-state index is 9.13. The first-order valence-corrected chi connectivity index (χ1v) is 22.0. The molecule has 1 aliphatic rings. The number of hydrogen-bond donors (Lipinski definition) is 0. The minimum atomic E-state index is -0.484. The Morgan fingerprint density at radius 1 is 0.738 bits per heavy atom. The molecule has 0 aliphatic heterocycles. The molecule has 6 heteroatoms. The summed E-state index contributed by atoms with van der Waals surface area (Å²) < 4.78 is 17.9. The fraction of sp³-hybridized carbons (Fsp3) is 0.169. The third-order valence-electron chi connectivity index (χ3n) is 12.8. The molecule has 65 heavy (non-hydrogen) atoms. The number of nitriles is 1. The van der Waals surface area contributed by atoms with Crippen molar-refractivity contribution >= 4 is 33.0 Å². The summed E-state index contributed by atoms with van der Waals surface area (Å²) in [7, 11) is 0. The third-order valence-corrected chi connectivity index (χ3v) is 12.8. The molecular weight excluding hydrogens is 973 g/mol. The molecule has 3 heterocycles. The average molecular weight is 1020 g/mol. The number of aromatic nitrogens is 3. The van der Waals surface area contributed by atoms with E-state index in [1.54, 1.807) is 12.1 Å². The Labute approximate surface area is 396 Å². The largest absolute Gasteiger partial charge is 0.500 e. The van der Waals surface area contributed by atoms with E-state index in [9.17, 15) is 0 Å². The third kappa shape index (κ3) is 8.58. The number of pyridine rings is 1. The number of nitrogens with zero attached hydrogens (tertiary/aromatic N) is 4. The Hall–Kier alpha value is -6.90. The topological polar surface area (TPSA) is 67.6 Å². The van der Waals surface area contributed by atoms with Gasteiger partial charge in [0.25, 0.3) is 0 Å². The molecule has 7 aromatic carbocycles. The van der Waals surface area contributed by atoms with Gasteiger partial charge < -0.3 is 14.0 Å². The van der Waals surface area contributed by atoms with E-state index in [4.69, 9.17) is 21.0 Å². The standard InChI is InChI=1S/C37H32NO.C22H16N3.Ir/c1-37(2)21-18-27(19-22-37)25-14-16-26(17-15-25)29-20-23-38-34(24-29)33-13-7-12-32-31-11-6-10-30(35(31)39-36(32)33)28-8-4-3-5-9-28;1-15-6-5-7-16(2)21(15)25-20-9-4-3-8-19(20)24-22(25)18-12-10-17(14-23)11-13-18;/h3-12,14-17,20,23-24,27H,18-19,21-22H2,1-2H3;3-12H,1-2H3;/q2*-1;/i27D;;. The fourth-order valence-corrected chi connectivity index (χ4v) is 9.19. The summed E-state index contributed by atoms with van der Waals surface area (Å²) in [6, 6.07) is 62.1. The van der Waals surface area contributed by atoms with Gasteiger partial charge in [0.05, 0.1) is 22.4 Å². The molecule has 3 aromatic heterocycles. The van der Waals surface area contributed by atoms with Gasteiger partial charge in [-0.25, -0.2) is 5.26 Å². The zero-order chi connectivity index (χ0) is 44.7. The van der Waals surface area contributed by atoms with Crippen LogP contribution in [0.4, 0.5) is 0 Å². The van der Waals surface area contributed by atoms with Gasteiger partial charge in [0.2, 0.25) is 0 Å². The number of benzene rings is 7. The zero-order valence-electron chi connectivity index (χ0n) is 37.9. The van der Waals surface area contributed by atoms with Crippen molar-refractivity contribution in [2.45, 2.75) is 59.3 Å².